The van der Waals surface area contributed by atoms with Gasteiger partial charge in [-0.05, 0) is 19.3 Å². The molecular formula is C10H22O3. The number of rotatable bonds is 4. The Kier molecular flexibility index (Phi) is 4.89. The van der Waals surface area contributed by atoms with Gasteiger partial charge in [0, 0.05) is 0 Å². The Labute approximate surface area is 80.7 Å². The first-order valence-corrected chi connectivity index (χ1v) is 4.73. The molecule has 3 nitrogen and oxygen atoms in total. The van der Waals surface area contributed by atoms with Crippen LogP contribution in [-0.2, 0) is 4.74 Å². The molecule has 0 radical (unpaired) electrons. The van der Waals surface area contributed by atoms with Crippen molar-refractivity contribution < 1.29 is 14.9 Å². The molecule has 0 aromatic carbocycles. The normalized spacial score (nSPS) is 17.5. The summed E-state index contributed by atoms with van der Waals surface area (Å²) in [6.45, 7) is 9.64. The number of hydrogen-bond acceptors (Lipinski definition) is 3. The van der Waals surface area contributed by atoms with Crippen molar-refractivity contribution in [3.05, 3.63) is 0 Å². The van der Waals surface area contributed by atoms with Crippen molar-refractivity contribution in [2.24, 2.45) is 5.41 Å². The molecule has 0 aromatic heterocycles. The van der Waals surface area contributed by atoms with E-state index >= 15 is 0 Å². The van der Waals surface area contributed by atoms with E-state index in [9.17, 15) is 10.2 Å². The molecule has 0 bridgehead atoms. The van der Waals surface area contributed by atoms with Gasteiger partial charge in [-0.15, -0.1) is 0 Å². The summed E-state index contributed by atoms with van der Waals surface area (Å²) in [7, 11) is 0. The van der Waals surface area contributed by atoms with E-state index < -0.39 is 12.2 Å². The highest BCUT2D eigenvalue weighted by Crippen LogP contribution is 2.21. The maximum atomic E-state index is 9.64. The molecule has 0 spiro atoms. The summed E-state index contributed by atoms with van der Waals surface area (Å²) in [6.07, 6.45) is -1.46. The summed E-state index contributed by atoms with van der Waals surface area (Å²) in [4.78, 5) is 0. The first-order valence-electron chi connectivity index (χ1n) is 4.73. The third-order valence-corrected chi connectivity index (χ3v) is 1.85. The summed E-state index contributed by atoms with van der Waals surface area (Å²) in [6, 6.07) is 0. The number of aliphatic hydroxyl groups is 2. The van der Waals surface area contributed by atoms with Gasteiger partial charge in [-0.3, -0.25) is 0 Å². The minimum atomic E-state index is -0.803. The third-order valence-electron chi connectivity index (χ3n) is 1.85. The smallest absolute Gasteiger partial charge is 0.104 e. The molecule has 2 N–H and O–H groups in total. The summed E-state index contributed by atoms with van der Waals surface area (Å²) < 4.78 is 5.21. The molecular weight excluding hydrogens is 168 g/mol. The quantitative estimate of drug-likeness (QED) is 0.700. The van der Waals surface area contributed by atoms with Crippen molar-refractivity contribution >= 4 is 0 Å². The van der Waals surface area contributed by atoms with Crippen LogP contribution in [0.5, 0.6) is 0 Å². The molecule has 0 aliphatic rings. The van der Waals surface area contributed by atoms with E-state index in [-0.39, 0.29) is 18.1 Å². The predicted molar refractivity (Wildman–Crippen MR) is 52.6 cm³/mol. The van der Waals surface area contributed by atoms with Crippen molar-refractivity contribution in [3.63, 3.8) is 0 Å². The summed E-state index contributed by atoms with van der Waals surface area (Å²) in [5.41, 5.74) is -0.306. The van der Waals surface area contributed by atoms with Crippen LogP contribution in [0.1, 0.15) is 34.6 Å². The molecule has 2 unspecified atom stereocenters. The second-order valence-electron chi connectivity index (χ2n) is 4.76. The average molecular weight is 190 g/mol. The van der Waals surface area contributed by atoms with Crippen molar-refractivity contribution in [2.75, 3.05) is 6.61 Å². The lowest BCUT2D eigenvalue weighted by Gasteiger charge is -2.30. The molecule has 0 heterocycles. The van der Waals surface area contributed by atoms with E-state index in [2.05, 4.69) is 0 Å². The van der Waals surface area contributed by atoms with E-state index in [1.807, 2.05) is 34.6 Å². The number of aliphatic hydroxyl groups excluding tert-OH is 2. The molecule has 0 aliphatic heterocycles. The van der Waals surface area contributed by atoms with Crippen LogP contribution in [0.25, 0.3) is 0 Å². The highest BCUT2D eigenvalue weighted by molar-refractivity contribution is 4.79. The molecule has 0 rings (SSSR count). The maximum Gasteiger partial charge on any atom is 0.104 e. The minimum absolute atomic E-state index is 0.0850. The largest absolute Gasteiger partial charge is 0.390 e. The van der Waals surface area contributed by atoms with Crippen LogP contribution in [0.2, 0.25) is 0 Å². The van der Waals surface area contributed by atoms with E-state index in [4.69, 9.17) is 4.74 Å². The Morgan fingerprint density at radius 3 is 1.92 bits per heavy atom. The van der Waals surface area contributed by atoms with Crippen LogP contribution in [0.3, 0.4) is 0 Å². The van der Waals surface area contributed by atoms with Gasteiger partial charge in [-0.1, -0.05) is 20.8 Å². The van der Waals surface area contributed by atoms with E-state index in [1.54, 1.807) is 0 Å². The Morgan fingerprint density at radius 2 is 1.62 bits per heavy atom. The first-order chi connectivity index (χ1) is 5.75. The van der Waals surface area contributed by atoms with Crippen LogP contribution in [0.15, 0.2) is 0 Å². The predicted octanol–water partition coefficient (Wildman–Crippen LogP) is 1.18. The van der Waals surface area contributed by atoms with Crippen LogP contribution in [-0.4, -0.2) is 35.1 Å². The van der Waals surface area contributed by atoms with Crippen molar-refractivity contribution in [1.29, 1.82) is 0 Å². The molecule has 80 valence electrons. The zero-order valence-electron chi connectivity index (χ0n) is 9.24. The fourth-order valence-electron chi connectivity index (χ4n) is 0.959. The number of hydrogen-bond donors (Lipinski definition) is 2. The topological polar surface area (TPSA) is 49.7 Å². The lowest BCUT2D eigenvalue weighted by molar-refractivity contribution is -0.0890. The summed E-state index contributed by atoms with van der Waals surface area (Å²) in [5.74, 6) is 0. The van der Waals surface area contributed by atoms with Crippen LogP contribution in [0, 0.1) is 5.41 Å². The lowest BCUT2D eigenvalue weighted by Crippen LogP contribution is -2.40. The van der Waals surface area contributed by atoms with E-state index in [1.165, 1.54) is 0 Å². The zero-order valence-corrected chi connectivity index (χ0v) is 9.24. The van der Waals surface area contributed by atoms with Crippen molar-refractivity contribution in [2.45, 2.75) is 52.9 Å². The third kappa shape index (κ3) is 5.24. The summed E-state index contributed by atoms with van der Waals surface area (Å²) in [5, 5.41) is 19.2. The maximum absolute atomic E-state index is 9.64. The van der Waals surface area contributed by atoms with Crippen LogP contribution < -0.4 is 0 Å². The molecule has 0 fully saturated rings. The monoisotopic (exact) mass is 190 g/mol. The van der Waals surface area contributed by atoms with E-state index in [0.29, 0.717) is 0 Å². The highest BCUT2D eigenvalue weighted by atomic mass is 16.5. The molecule has 0 saturated heterocycles. The minimum Gasteiger partial charge on any atom is -0.390 e. The standard InChI is InChI=1S/C10H22O3/c1-7(2)13-6-8(11)9(12)10(3,4)5/h7-9,11-12H,6H2,1-5H3. The van der Waals surface area contributed by atoms with Crippen molar-refractivity contribution in [3.8, 4) is 0 Å². The Hall–Kier alpha value is -0.120. The fraction of sp³-hybridized carbons (Fsp3) is 1.00. The zero-order chi connectivity index (χ0) is 10.6. The molecule has 0 aromatic rings. The SMILES string of the molecule is CC(C)OCC(O)C(O)C(C)(C)C. The fourth-order valence-corrected chi connectivity index (χ4v) is 0.959. The molecule has 0 aliphatic carbocycles. The lowest BCUT2D eigenvalue weighted by atomic mass is 9.86. The van der Waals surface area contributed by atoms with Gasteiger partial charge in [0.05, 0.1) is 18.8 Å². The van der Waals surface area contributed by atoms with Crippen molar-refractivity contribution in [1.82, 2.24) is 0 Å². The van der Waals surface area contributed by atoms with Gasteiger partial charge in [0.25, 0.3) is 0 Å². The Morgan fingerprint density at radius 1 is 1.15 bits per heavy atom. The number of ether oxygens (including phenoxy) is 1. The second-order valence-corrected chi connectivity index (χ2v) is 4.76. The molecule has 0 saturated carbocycles. The summed E-state index contributed by atoms with van der Waals surface area (Å²) >= 11 is 0. The van der Waals surface area contributed by atoms with Gasteiger partial charge in [0.2, 0.25) is 0 Å². The van der Waals surface area contributed by atoms with Gasteiger partial charge >= 0.3 is 0 Å². The molecule has 0 amide bonds. The molecule has 2 atom stereocenters. The Bertz CT molecular complexity index is 138. The van der Waals surface area contributed by atoms with Gasteiger partial charge in [0.1, 0.15) is 6.10 Å². The second kappa shape index (κ2) is 4.94. The molecule has 3 heteroatoms. The molecule has 13 heavy (non-hydrogen) atoms. The van der Waals surface area contributed by atoms with Crippen LogP contribution >= 0.6 is 0 Å². The van der Waals surface area contributed by atoms with Gasteiger partial charge < -0.3 is 14.9 Å². The van der Waals surface area contributed by atoms with Gasteiger partial charge in [0.15, 0.2) is 0 Å². The van der Waals surface area contributed by atoms with Gasteiger partial charge in [-0.2, -0.15) is 0 Å². The average Bonchev–Trinajstić information content (AvgIpc) is 1.96. The van der Waals surface area contributed by atoms with Crippen LogP contribution in [0.4, 0.5) is 0 Å². The Balaban J connectivity index is 3.90. The first kappa shape index (κ1) is 12.9. The van der Waals surface area contributed by atoms with E-state index in [0.717, 1.165) is 0 Å². The highest BCUT2D eigenvalue weighted by Gasteiger charge is 2.29. The van der Waals surface area contributed by atoms with Gasteiger partial charge in [-0.25, -0.2) is 0 Å².